The summed E-state index contributed by atoms with van der Waals surface area (Å²) in [4.78, 5) is 23.2. The molecule has 4 N–H and O–H groups in total. The molecule has 0 saturated heterocycles. The molecule has 0 aromatic heterocycles. The van der Waals surface area contributed by atoms with Crippen LogP contribution >= 0.6 is 0 Å². The Hall–Kier alpha value is -2.08. The monoisotopic (exact) mass is 281 g/mol. The van der Waals surface area contributed by atoms with E-state index in [-0.39, 0.29) is 5.75 Å². The van der Waals surface area contributed by atoms with Crippen molar-refractivity contribution in [2.75, 3.05) is 0 Å². The molecule has 0 aliphatic heterocycles. The Kier molecular flexibility index (Phi) is 4.73. The second-order valence-corrected chi connectivity index (χ2v) is 5.47. The topological polar surface area (TPSA) is 110 Å². The highest BCUT2D eigenvalue weighted by atomic mass is 16.6. The molecule has 2 atom stereocenters. The van der Waals surface area contributed by atoms with Gasteiger partial charge in [-0.3, -0.25) is 9.59 Å². The van der Waals surface area contributed by atoms with Gasteiger partial charge in [-0.15, -0.1) is 0 Å². The fraction of sp³-hybridized carbons (Fsp3) is 0.429. The van der Waals surface area contributed by atoms with E-state index < -0.39 is 29.5 Å². The number of phenols is 1. The predicted octanol–water partition coefficient (Wildman–Crippen LogP) is 1.43. The molecule has 0 heterocycles. The molecule has 1 aromatic carbocycles. The maximum atomic E-state index is 11.9. The van der Waals surface area contributed by atoms with E-state index in [9.17, 15) is 19.8 Å². The molecule has 0 amide bonds. The summed E-state index contributed by atoms with van der Waals surface area (Å²) < 4.78 is 5.08. The molecular formula is C14H19NO5. The highest BCUT2D eigenvalue weighted by molar-refractivity contribution is 5.95. The van der Waals surface area contributed by atoms with E-state index >= 15 is 0 Å². The zero-order valence-corrected chi connectivity index (χ0v) is 11.7. The number of aromatic hydroxyl groups is 1. The summed E-state index contributed by atoms with van der Waals surface area (Å²) >= 11 is 0. The number of ether oxygens (including phenoxy) is 1. The van der Waals surface area contributed by atoms with E-state index in [1.54, 1.807) is 20.8 Å². The Morgan fingerprint density at radius 2 is 1.70 bits per heavy atom. The van der Waals surface area contributed by atoms with Crippen molar-refractivity contribution in [3.05, 3.63) is 29.8 Å². The number of carboxylic acids is 1. The van der Waals surface area contributed by atoms with Crippen LogP contribution in [0.25, 0.3) is 0 Å². The zero-order chi connectivity index (χ0) is 15.5. The molecular weight excluding hydrogens is 262 g/mol. The Morgan fingerprint density at radius 3 is 2.10 bits per heavy atom. The molecule has 1 rings (SSSR count). The van der Waals surface area contributed by atoms with Crippen molar-refractivity contribution >= 4 is 11.9 Å². The van der Waals surface area contributed by atoms with Crippen LogP contribution in [-0.2, 0) is 14.3 Å². The number of carbonyl (C=O) groups is 2. The smallest absolute Gasteiger partial charge is 0.322 e. The molecule has 110 valence electrons. The van der Waals surface area contributed by atoms with Crippen LogP contribution < -0.4 is 5.73 Å². The number of benzene rings is 1. The predicted molar refractivity (Wildman–Crippen MR) is 72.0 cm³/mol. The first-order valence-corrected chi connectivity index (χ1v) is 6.12. The van der Waals surface area contributed by atoms with Crippen LogP contribution in [0, 0.1) is 5.92 Å². The number of esters is 1. The van der Waals surface area contributed by atoms with Crippen molar-refractivity contribution < 1.29 is 24.5 Å². The maximum Gasteiger partial charge on any atom is 0.322 e. The minimum absolute atomic E-state index is 0.0325. The third-order valence-corrected chi connectivity index (χ3v) is 2.56. The summed E-state index contributed by atoms with van der Waals surface area (Å²) in [5, 5.41) is 18.4. The molecule has 0 unspecified atom stereocenters. The van der Waals surface area contributed by atoms with Gasteiger partial charge in [-0.2, -0.15) is 0 Å². The van der Waals surface area contributed by atoms with Crippen LogP contribution in [0.1, 0.15) is 32.4 Å². The summed E-state index contributed by atoms with van der Waals surface area (Å²) in [6.07, 6.45) is 0. The van der Waals surface area contributed by atoms with Gasteiger partial charge in [-0.25, -0.2) is 0 Å². The lowest BCUT2D eigenvalue weighted by Crippen LogP contribution is -2.39. The molecule has 20 heavy (non-hydrogen) atoms. The van der Waals surface area contributed by atoms with E-state index in [0.717, 1.165) is 0 Å². The lowest BCUT2D eigenvalue weighted by molar-refractivity contribution is -0.167. The van der Waals surface area contributed by atoms with Gasteiger partial charge in [0.1, 0.15) is 11.4 Å². The standard InChI is InChI=1S/C14H19NO5/c1-14(2,3)20-13(19)10(12(17)18)11(15)8-4-6-9(16)7-5-8/h4-7,10-11,16H,15H2,1-3H3,(H,17,18)/t10-,11+/m0/s1. The SMILES string of the molecule is CC(C)(C)OC(=O)[C@H](C(=O)O)[C@H](N)c1ccc(O)cc1. The minimum atomic E-state index is -1.50. The van der Waals surface area contributed by atoms with Gasteiger partial charge < -0.3 is 20.7 Å². The number of carbonyl (C=O) groups excluding carboxylic acids is 1. The van der Waals surface area contributed by atoms with Gasteiger partial charge in [0.2, 0.25) is 0 Å². The van der Waals surface area contributed by atoms with Gasteiger partial charge >= 0.3 is 11.9 Å². The summed E-state index contributed by atoms with van der Waals surface area (Å²) in [6.45, 7) is 4.95. The number of rotatable bonds is 4. The van der Waals surface area contributed by atoms with E-state index in [2.05, 4.69) is 0 Å². The lowest BCUT2D eigenvalue weighted by atomic mass is 9.93. The van der Waals surface area contributed by atoms with E-state index in [4.69, 9.17) is 10.5 Å². The second kappa shape index (κ2) is 5.92. The average molecular weight is 281 g/mol. The molecule has 0 bridgehead atoms. The molecule has 0 radical (unpaired) electrons. The molecule has 6 nitrogen and oxygen atoms in total. The van der Waals surface area contributed by atoms with Gasteiger partial charge in [0.05, 0.1) is 6.04 Å². The molecule has 0 aliphatic rings. The number of carboxylic acid groups (broad SMARTS) is 1. The van der Waals surface area contributed by atoms with Crippen molar-refractivity contribution in [2.45, 2.75) is 32.4 Å². The first kappa shape index (κ1) is 16.0. The fourth-order valence-corrected chi connectivity index (χ4v) is 1.66. The molecule has 0 fully saturated rings. The van der Waals surface area contributed by atoms with E-state index in [1.165, 1.54) is 24.3 Å². The third-order valence-electron chi connectivity index (χ3n) is 2.56. The normalized spacial score (nSPS) is 14.4. The molecule has 1 aromatic rings. The van der Waals surface area contributed by atoms with Gasteiger partial charge in [-0.05, 0) is 38.5 Å². The first-order valence-electron chi connectivity index (χ1n) is 6.12. The minimum Gasteiger partial charge on any atom is -0.508 e. The average Bonchev–Trinajstić information content (AvgIpc) is 2.26. The van der Waals surface area contributed by atoms with Gasteiger partial charge in [0.25, 0.3) is 0 Å². The Labute approximate surface area is 117 Å². The Bertz CT molecular complexity index is 489. The molecule has 0 spiro atoms. The largest absolute Gasteiger partial charge is 0.508 e. The van der Waals surface area contributed by atoms with E-state index in [0.29, 0.717) is 5.56 Å². The number of hydrogen-bond acceptors (Lipinski definition) is 5. The number of aliphatic carboxylic acids is 1. The van der Waals surface area contributed by atoms with Crippen LogP contribution in [-0.4, -0.2) is 27.8 Å². The van der Waals surface area contributed by atoms with Crippen LogP contribution in [0.2, 0.25) is 0 Å². The maximum absolute atomic E-state index is 11.9. The number of phenolic OH excluding ortho intramolecular Hbond substituents is 1. The van der Waals surface area contributed by atoms with E-state index in [1.807, 2.05) is 0 Å². The molecule has 0 saturated carbocycles. The van der Waals surface area contributed by atoms with Crippen LogP contribution in [0.15, 0.2) is 24.3 Å². The highest BCUT2D eigenvalue weighted by Crippen LogP contribution is 2.24. The third kappa shape index (κ3) is 4.24. The molecule has 0 aliphatic carbocycles. The quantitative estimate of drug-likeness (QED) is 0.569. The number of nitrogens with two attached hydrogens (primary N) is 1. The number of hydrogen-bond donors (Lipinski definition) is 3. The van der Waals surface area contributed by atoms with Crippen LogP contribution in [0.3, 0.4) is 0 Å². The highest BCUT2D eigenvalue weighted by Gasteiger charge is 2.37. The van der Waals surface area contributed by atoms with Crippen LogP contribution in [0.5, 0.6) is 5.75 Å². The van der Waals surface area contributed by atoms with Crippen molar-refractivity contribution in [2.24, 2.45) is 11.7 Å². The Balaban J connectivity index is 2.99. The van der Waals surface area contributed by atoms with Gasteiger partial charge in [-0.1, -0.05) is 12.1 Å². The summed E-state index contributed by atoms with van der Waals surface area (Å²) in [6, 6.07) is 4.65. The summed E-state index contributed by atoms with van der Waals surface area (Å²) in [5.74, 6) is -3.70. The summed E-state index contributed by atoms with van der Waals surface area (Å²) in [7, 11) is 0. The van der Waals surface area contributed by atoms with Gasteiger partial charge in [0.15, 0.2) is 5.92 Å². The summed E-state index contributed by atoms with van der Waals surface area (Å²) in [5.41, 5.74) is 5.49. The van der Waals surface area contributed by atoms with Crippen molar-refractivity contribution in [3.8, 4) is 5.75 Å². The van der Waals surface area contributed by atoms with Crippen molar-refractivity contribution in [3.63, 3.8) is 0 Å². The lowest BCUT2D eigenvalue weighted by Gasteiger charge is -2.25. The van der Waals surface area contributed by atoms with Gasteiger partial charge in [0, 0.05) is 0 Å². The first-order chi connectivity index (χ1) is 9.11. The molecule has 6 heteroatoms. The Morgan fingerprint density at radius 1 is 1.20 bits per heavy atom. The van der Waals surface area contributed by atoms with Crippen molar-refractivity contribution in [1.29, 1.82) is 0 Å². The second-order valence-electron chi connectivity index (χ2n) is 5.47. The fourth-order valence-electron chi connectivity index (χ4n) is 1.66. The zero-order valence-electron chi connectivity index (χ0n) is 11.7. The van der Waals surface area contributed by atoms with Crippen LogP contribution in [0.4, 0.5) is 0 Å². The van der Waals surface area contributed by atoms with Crippen molar-refractivity contribution in [1.82, 2.24) is 0 Å².